The number of hydrogen-bond donors (Lipinski definition) is 1. The molecule has 1 aliphatic heterocycles. The number of anilines is 2. The quantitative estimate of drug-likeness (QED) is 0.336. The monoisotopic (exact) mass is 586 g/mol. The Morgan fingerprint density at radius 3 is 2.50 bits per heavy atom. The van der Waals surface area contributed by atoms with Crippen molar-refractivity contribution in [1.29, 1.82) is 0 Å². The van der Waals surface area contributed by atoms with Crippen LogP contribution >= 0.6 is 11.6 Å². The Labute approximate surface area is 239 Å². The SMILES string of the molecule is CCOc1ccccc1N1C[C@@H](C2CCCCC2)N(C)S(=O)(=O)c2cc(-c3ccc(F)c(C(=O)O)c3)c(Cl)cc21. The van der Waals surface area contributed by atoms with Crippen LogP contribution in [0.3, 0.4) is 0 Å². The molecule has 40 heavy (non-hydrogen) atoms. The van der Waals surface area contributed by atoms with E-state index >= 15 is 0 Å². The van der Waals surface area contributed by atoms with Crippen LogP contribution in [-0.4, -0.2) is 50.0 Å². The van der Waals surface area contributed by atoms with Crippen LogP contribution in [0.4, 0.5) is 15.8 Å². The molecule has 3 aromatic rings. The highest BCUT2D eigenvalue weighted by Gasteiger charge is 2.41. The lowest BCUT2D eigenvalue weighted by atomic mass is 9.83. The number of halogens is 2. The van der Waals surface area contributed by atoms with E-state index in [1.807, 2.05) is 36.1 Å². The molecule has 0 radical (unpaired) electrons. The third-order valence-corrected chi connectivity index (χ3v) is 10.2. The third-order valence-electron chi connectivity index (χ3n) is 7.99. The molecule has 3 aromatic carbocycles. The number of likely N-dealkylation sites (N-methyl/N-ethyl adjacent to an activating group) is 1. The molecule has 1 aliphatic carbocycles. The number of rotatable bonds is 6. The Morgan fingerprint density at radius 1 is 1.07 bits per heavy atom. The molecule has 5 rings (SSSR count). The number of ether oxygens (including phenoxy) is 1. The van der Waals surface area contributed by atoms with Crippen molar-refractivity contribution in [3.8, 4) is 16.9 Å². The van der Waals surface area contributed by atoms with Gasteiger partial charge in [-0.15, -0.1) is 0 Å². The van der Waals surface area contributed by atoms with Gasteiger partial charge in [0.15, 0.2) is 0 Å². The first kappa shape index (κ1) is 28.4. The zero-order chi connectivity index (χ0) is 28.6. The van der Waals surface area contributed by atoms with Gasteiger partial charge in [0, 0.05) is 25.2 Å². The molecule has 212 valence electrons. The number of aromatic carboxylic acids is 1. The number of benzene rings is 3. The van der Waals surface area contributed by atoms with Gasteiger partial charge in [0.1, 0.15) is 16.5 Å². The zero-order valence-corrected chi connectivity index (χ0v) is 24.0. The Kier molecular flexibility index (Phi) is 8.08. The highest BCUT2D eigenvalue weighted by Crippen LogP contribution is 2.46. The second-order valence-corrected chi connectivity index (χ2v) is 12.7. The summed E-state index contributed by atoms with van der Waals surface area (Å²) in [5.74, 6) is -1.49. The van der Waals surface area contributed by atoms with E-state index in [0.717, 1.165) is 43.9 Å². The smallest absolute Gasteiger partial charge is 0.338 e. The van der Waals surface area contributed by atoms with Gasteiger partial charge in [-0.3, -0.25) is 0 Å². The lowest BCUT2D eigenvalue weighted by molar-refractivity contribution is 0.0692. The molecule has 10 heteroatoms. The maximum absolute atomic E-state index is 14.3. The molecular weight excluding hydrogens is 555 g/mol. The van der Waals surface area contributed by atoms with Crippen LogP contribution in [0.25, 0.3) is 11.1 Å². The Hall–Kier alpha value is -3.14. The highest BCUT2D eigenvalue weighted by atomic mass is 35.5. The summed E-state index contributed by atoms with van der Waals surface area (Å²) >= 11 is 6.78. The van der Waals surface area contributed by atoms with Crippen LogP contribution in [0.2, 0.25) is 5.02 Å². The standard InChI is InChI=1S/C30H32ClFN2O5S/c1-3-39-28-12-8-7-11-25(28)34-18-27(19-9-5-4-6-10-19)33(2)40(37,38)29-16-21(23(31)17-26(29)34)20-13-14-24(32)22(15-20)30(35)36/h7-8,11-17,19,27H,3-6,9-10,18H2,1-2H3,(H,35,36)/t27-/m0/s1. The minimum absolute atomic E-state index is 0.0419. The van der Waals surface area contributed by atoms with Gasteiger partial charge in [-0.05, 0) is 67.6 Å². The fourth-order valence-corrected chi connectivity index (χ4v) is 7.80. The number of fused-ring (bicyclic) bond motifs is 1. The van der Waals surface area contributed by atoms with E-state index in [4.69, 9.17) is 16.3 Å². The van der Waals surface area contributed by atoms with Crippen LogP contribution in [0.1, 0.15) is 49.4 Å². The lowest BCUT2D eigenvalue weighted by Crippen LogP contribution is -2.46. The fraction of sp³-hybridized carbons (Fsp3) is 0.367. The summed E-state index contributed by atoms with van der Waals surface area (Å²) < 4.78 is 50.1. The van der Waals surface area contributed by atoms with Gasteiger partial charge in [-0.25, -0.2) is 17.6 Å². The van der Waals surface area contributed by atoms with Crippen molar-refractivity contribution in [2.45, 2.75) is 50.0 Å². The molecule has 1 fully saturated rings. The normalized spacial score (nSPS) is 19.6. The molecule has 0 spiro atoms. The van der Waals surface area contributed by atoms with E-state index in [9.17, 15) is 22.7 Å². The van der Waals surface area contributed by atoms with Crippen LogP contribution in [0.15, 0.2) is 59.5 Å². The molecule has 1 atom stereocenters. The van der Waals surface area contributed by atoms with Crippen molar-refractivity contribution in [2.75, 3.05) is 25.1 Å². The maximum atomic E-state index is 14.3. The number of sulfonamides is 1. The van der Waals surface area contributed by atoms with Crippen molar-refractivity contribution in [3.05, 3.63) is 71.0 Å². The van der Waals surface area contributed by atoms with Gasteiger partial charge in [0.05, 0.1) is 28.6 Å². The molecule has 0 saturated heterocycles. The average molecular weight is 587 g/mol. The van der Waals surface area contributed by atoms with Gasteiger partial charge in [0.2, 0.25) is 10.0 Å². The number of carboxylic acid groups (broad SMARTS) is 1. The van der Waals surface area contributed by atoms with Gasteiger partial charge < -0.3 is 14.7 Å². The summed E-state index contributed by atoms with van der Waals surface area (Å²) in [5.41, 5.74) is 1.23. The summed E-state index contributed by atoms with van der Waals surface area (Å²) in [7, 11) is -2.37. The number of para-hydroxylation sites is 2. The minimum atomic E-state index is -4.00. The molecule has 0 unspecified atom stereocenters. The lowest BCUT2D eigenvalue weighted by Gasteiger charge is -2.37. The Balaban J connectivity index is 1.74. The predicted molar refractivity (Wildman–Crippen MR) is 154 cm³/mol. The average Bonchev–Trinajstić information content (AvgIpc) is 3.02. The maximum Gasteiger partial charge on any atom is 0.338 e. The Morgan fingerprint density at radius 2 is 1.80 bits per heavy atom. The highest BCUT2D eigenvalue weighted by molar-refractivity contribution is 7.89. The molecule has 1 saturated carbocycles. The molecule has 1 N–H and O–H groups in total. The first-order valence-electron chi connectivity index (χ1n) is 13.5. The van der Waals surface area contributed by atoms with E-state index in [-0.39, 0.29) is 21.9 Å². The second-order valence-electron chi connectivity index (χ2n) is 10.3. The molecule has 2 aliphatic rings. The van der Waals surface area contributed by atoms with Crippen molar-refractivity contribution in [3.63, 3.8) is 0 Å². The van der Waals surface area contributed by atoms with Crippen molar-refractivity contribution < 1.29 is 27.4 Å². The topological polar surface area (TPSA) is 87.2 Å². The van der Waals surface area contributed by atoms with Crippen LogP contribution < -0.4 is 9.64 Å². The number of hydrogen-bond acceptors (Lipinski definition) is 5. The Bertz CT molecular complexity index is 1540. The van der Waals surface area contributed by atoms with Crippen molar-refractivity contribution in [2.24, 2.45) is 5.92 Å². The van der Waals surface area contributed by atoms with Crippen molar-refractivity contribution in [1.82, 2.24) is 4.31 Å². The van der Waals surface area contributed by atoms with E-state index in [1.165, 1.54) is 22.5 Å². The third kappa shape index (κ3) is 5.18. The zero-order valence-electron chi connectivity index (χ0n) is 22.4. The van der Waals surface area contributed by atoms with Crippen LogP contribution in [0.5, 0.6) is 5.75 Å². The van der Waals surface area contributed by atoms with E-state index in [2.05, 4.69) is 0 Å². The van der Waals surface area contributed by atoms with Gasteiger partial charge in [-0.1, -0.05) is 49.1 Å². The van der Waals surface area contributed by atoms with Gasteiger partial charge in [0.25, 0.3) is 0 Å². The summed E-state index contributed by atoms with van der Waals surface area (Å²) in [4.78, 5) is 13.6. The molecule has 0 amide bonds. The van der Waals surface area contributed by atoms with E-state index < -0.39 is 27.4 Å². The summed E-state index contributed by atoms with van der Waals surface area (Å²) in [6, 6.07) is 13.9. The van der Waals surface area contributed by atoms with Crippen LogP contribution in [-0.2, 0) is 10.0 Å². The number of carboxylic acids is 1. The number of nitrogens with zero attached hydrogens (tertiary/aromatic N) is 2. The predicted octanol–water partition coefficient (Wildman–Crippen LogP) is 6.96. The molecule has 0 bridgehead atoms. The van der Waals surface area contributed by atoms with Gasteiger partial charge in [-0.2, -0.15) is 4.31 Å². The number of carbonyl (C=O) groups is 1. The first-order valence-corrected chi connectivity index (χ1v) is 15.3. The fourth-order valence-electron chi connectivity index (χ4n) is 5.92. The summed E-state index contributed by atoms with van der Waals surface area (Å²) in [6.07, 6.45) is 5.16. The van der Waals surface area contributed by atoms with E-state index in [1.54, 1.807) is 13.1 Å². The molecule has 1 heterocycles. The first-order chi connectivity index (χ1) is 19.1. The van der Waals surface area contributed by atoms with Gasteiger partial charge >= 0.3 is 5.97 Å². The largest absolute Gasteiger partial charge is 0.492 e. The van der Waals surface area contributed by atoms with Crippen LogP contribution in [0, 0.1) is 11.7 Å². The summed E-state index contributed by atoms with van der Waals surface area (Å²) in [6.45, 7) is 2.75. The second kappa shape index (κ2) is 11.4. The molecule has 0 aromatic heterocycles. The van der Waals surface area contributed by atoms with Crippen molar-refractivity contribution >= 4 is 39.0 Å². The summed E-state index contributed by atoms with van der Waals surface area (Å²) in [5, 5.41) is 9.66. The minimum Gasteiger partial charge on any atom is -0.492 e. The molecular formula is C30H32ClFN2O5S. The van der Waals surface area contributed by atoms with E-state index in [0.29, 0.717) is 35.7 Å². The molecule has 7 nitrogen and oxygen atoms in total.